The van der Waals surface area contributed by atoms with Gasteiger partial charge in [0, 0.05) is 23.9 Å². The lowest BCUT2D eigenvalue weighted by atomic mass is 9.94. The number of pyridine rings is 1. The fraction of sp³-hybridized carbons (Fsp3) is 0.304. The van der Waals surface area contributed by atoms with Gasteiger partial charge in [-0.15, -0.1) is 0 Å². The highest BCUT2D eigenvalue weighted by atomic mass is 32.2. The van der Waals surface area contributed by atoms with Crippen LogP contribution in [0.5, 0.6) is 0 Å². The molecule has 0 spiro atoms. The van der Waals surface area contributed by atoms with Gasteiger partial charge >= 0.3 is 22.0 Å². The molecular weight excluding hydrogens is 558 g/mol. The van der Waals surface area contributed by atoms with Crippen LogP contribution in [0.3, 0.4) is 0 Å². The number of anilines is 1. The number of nitrogens with zero attached hydrogens (tertiary/aromatic N) is 3. The summed E-state index contributed by atoms with van der Waals surface area (Å²) in [4.78, 5) is 32.3. The van der Waals surface area contributed by atoms with E-state index in [1.54, 1.807) is 11.8 Å². The molecule has 1 unspecified atom stereocenters. The maximum atomic E-state index is 14.5. The Morgan fingerprint density at radius 2 is 1.93 bits per heavy atom. The number of rotatable bonds is 5. The zero-order valence-electron chi connectivity index (χ0n) is 20.0. The molecule has 1 aliphatic heterocycles. The third-order valence-corrected chi connectivity index (χ3v) is 7.46. The second-order valence-electron chi connectivity index (χ2n) is 8.96. The van der Waals surface area contributed by atoms with E-state index in [9.17, 15) is 42.1 Å². The minimum atomic E-state index is -4.70. The number of hydrogen-bond acceptors (Lipinski definition) is 11. The number of aliphatic hydroxyl groups is 3. The average Bonchev–Trinajstić information content (AvgIpc) is 3.50. The van der Waals surface area contributed by atoms with Gasteiger partial charge in [0.1, 0.15) is 23.8 Å². The molecule has 2 aromatic heterocycles. The zero-order chi connectivity index (χ0) is 29.0. The van der Waals surface area contributed by atoms with Crippen molar-refractivity contribution in [2.24, 2.45) is 0 Å². The number of carbonyl (C=O) groups is 2. The van der Waals surface area contributed by atoms with Crippen molar-refractivity contribution in [1.29, 1.82) is 0 Å². The molecule has 3 heterocycles. The van der Waals surface area contributed by atoms with Crippen molar-refractivity contribution in [3.05, 3.63) is 54.0 Å². The number of nitrogen functional groups attached to an aromatic ring is 1. The van der Waals surface area contributed by atoms with Gasteiger partial charge in [0.2, 0.25) is 11.4 Å². The van der Waals surface area contributed by atoms with Crippen molar-refractivity contribution in [2.45, 2.75) is 36.1 Å². The summed E-state index contributed by atoms with van der Waals surface area (Å²) < 4.78 is 64.0. The normalized spacial score (nSPS) is 27.3. The third kappa shape index (κ3) is 4.36. The van der Waals surface area contributed by atoms with Crippen molar-refractivity contribution in [1.82, 2.24) is 24.0 Å². The van der Waals surface area contributed by atoms with Crippen LogP contribution in [0.1, 0.15) is 22.1 Å². The molecule has 5 atom stereocenters. The molecule has 2 aliphatic rings. The molecule has 1 saturated heterocycles. The molecule has 1 aliphatic carbocycles. The first-order valence-electron chi connectivity index (χ1n) is 11.4. The molecule has 5 rings (SSSR count). The highest BCUT2D eigenvalue weighted by molar-refractivity contribution is 7.88. The van der Waals surface area contributed by atoms with E-state index in [-0.39, 0.29) is 5.65 Å². The maximum Gasteiger partial charge on any atom is 0.353 e. The van der Waals surface area contributed by atoms with Gasteiger partial charge in [-0.05, 0) is 17.9 Å². The monoisotopic (exact) mass is 578 g/mol. The summed E-state index contributed by atoms with van der Waals surface area (Å²) in [5, 5.41) is 31.4. The molecule has 17 heteroatoms. The van der Waals surface area contributed by atoms with Crippen molar-refractivity contribution >= 4 is 38.8 Å². The summed E-state index contributed by atoms with van der Waals surface area (Å²) >= 11 is 0. The summed E-state index contributed by atoms with van der Waals surface area (Å²) in [5.41, 5.74) is 2.32. The van der Waals surface area contributed by atoms with Crippen LogP contribution >= 0.6 is 0 Å². The Bertz CT molecular complexity index is 1700. The molecule has 0 bridgehead atoms. The summed E-state index contributed by atoms with van der Waals surface area (Å²) in [6.07, 6.45) is -2.98. The number of benzene rings is 1. The number of ketones is 1. The lowest BCUT2D eigenvalue weighted by Crippen LogP contribution is -2.46. The first-order chi connectivity index (χ1) is 18.8. The molecule has 210 valence electrons. The molecule has 1 amide bonds. The molecule has 7 N–H and O–H groups in total. The molecule has 0 saturated carbocycles. The lowest BCUT2D eigenvalue weighted by Gasteiger charge is -2.23. The smallest absolute Gasteiger partial charge is 0.353 e. The SMILES string of the molecule is Nc1ccnc2c1ncn2[C@@H]1O[C@H](CNS(=O)(=O)NC(=O)C#CC2(O)c3ccccc3C(=O)C2(F)F)[C@@H](O)[C@H]1O. The Morgan fingerprint density at radius 3 is 2.67 bits per heavy atom. The number of halogens is 2. The lowest BCUT2D eigenvalue weighted by molar-refractivity contribution is -0.116. The van der Waals surface area contributed by atoms with E-state index >= 15 is 0 Å². The number of hydrogen-bond donors (Lipinski definition) is 6. The number of imidazole rings is 1. The number of Topliss-reactive ketones (excluding diaryl/α,β-unsaturated/α-hetero) is 1. The highest BCUT2D eigenvalue weighted by Gasteiger charge is 2.65. The van der Waals surface area contributed by atoms with Gasteiger partial charge in [0.05, 0.1) is 12.0 Å². The summed E-state index contributed by atoms with van der Waals surface area (Å²) in [7, 11) is -4.70. The summed E-state index contributed by atoms with van der Waals surface area (Å²) in [5.74, 6) is -4.50. The van der Waals surface area contributed by atoms with E-state index in [0.29, 0.717) is 11.2 Å². The predicted octanol–water partition coefficient (Wildman–Crippen LogP) is -1.69. The average molecular weight is 579 g/mol. The van der Waals surface area contributed by atoms with Crippen LogP contribution in [0.15, 0.2) is 42.9 Å². The molecule has 14 nitrogen and oxygen atoms in total. The van der Waals surface area contributed by atoms with Gasteiger partial charge in [0.15, 0.2) is 11.9 Å². The number of carbonyl (C=O) groups excluding carboxylic acids is 2. The molecular formula is C23H20F2N6O8S. The largest absolute Gasteiger partial charge is 0.397 e. The van der Waals surface area contributed by atoms with Gasteiger partial charge in [-0.25, -0.2) is 14.7 Å². The van der Waals surface area contributed by atoms with Crippen molar-refractivity contribution in [3.8, 4) is 11.8 Å². The second-order valence-corrected chi connectivity index (χ2v) is 10.5. The Kier molecular flexibility index (Phi) is 6.57. The fourth-order valence-electron chi connectivity index (χ4n) is 4.43. The van der Waals surface area contributed by atoms with Crippen LogP contribution in [-0.4, -0.2) is 80.7 Å². The van der Waals surface area contributed by atoms with E-state index in [1.165, 1.54) is 40.0 Å². The first-order valence-corrected chi connectivity index (χ1v) is 12.9. The Balaban J connectivity index is 1.25. The van der Waals surface area contributed by atoms with E-state index in [1.807, 2.05) is 4.72 Å². The molecule has 1 aromatic carbocycles. The third-order valence-electron chi connectivity index (χ3n) is 6.46. The van der Waals surface area contributed by atoms with Crippen LogP contribution in [0, 0.1) is 11.8 Å². The highest BCUT2D eigenvalue weighted by Crippen LogP contribution is 2.47. The van der Waals surface area contributed by atoms with Gasteiger partial charge in [-0.3, -0.25) is 14.2 Å². The number of amides is 1. The van der Waals surface area contributed by atoms with E-state index in [4.69, 9.17) is 10.5 Å². The number of aliphatic hydroxyl groups excluding tert-OH is 2. The number of nitrogens with two attached hydrogens (primary N) is 1. The number of fused-ring (bicyclic) bond motifs is 2. The summed E-state index contributed by atoms with van der Waals surface area (Å²) in [6.45, 7) is -0.642. The van der Waals surface area contributed by atoms with Crippen LogP contribution in [-0.2, 0) is 25.3 Å². The first kappa shape index (κ1) is 27.5. The number of ether oxygens (including phenoxy) is 1. The predicted molar refractivity (Wildman–Crippen MR) is 130 cm³/mol. The van der Waals surface area contributed by atoms with E-state index in [0.717, 1.165) is 12.1 Å². The number of aromatic nitrogens is 3. The molecule has 1 fully saturated rings. The van der Waals surface area contributed by atoms with E-state index < -0.39 is 75.6 Å². The topological polar surface area (TPSA) is 219 Å². The van der Waals surface area contributed by atoms with Gasteiger partial charge < -0.3 is 25.8 Å². The number of alkyl halides is 2. The Morgan fingerprint density at radius 1 is 1.20 bits per heavy atom. The zero-order valence-corrected chi connectivity index (χ0v) is 20.8. The standard InChI is InChI=1S/C23H20F2N6O8S/c24-23(25)19(35)11-3-1-2-4-12(11)22(23,36)7-5-15(32)30-40(37,38)29-9-14-17(33)18(34)21(39-14)31-10-28-16-13(26)6-8-27-20(16)31/h1-4,6,8,10,14,17-18,21,29,33-34,36H,9H2,(H2,26,27)(H,30,32)/t14-,17-,18-,21-,22?/m1/s1. The number of nitrogens with one attached hydrogen (secondary N) is 2. The maximum absolute atomic E-state index is 14.5. The van der Waals surface area contributed by atoms with Crippen LogP contribution < -0.4 is 15.2 Å². The van der Waals surface area contributed by atoms with Crippen molar-refractivity contribution in [2.75, 3.05) is 12.3 Å². The van der Waals surface area contributed by atoms with Gasteiger partial charge in [-0.1, -0.05) is 24.3 Å². The van der Waals surface area contributed by atoms with E-state index in [2.05, 4.69) is 9.97 Å². The van der Waals surface area contributed by atoms with Gasteiger partial charge in [0.25, 0.3) is 0 Å². The van der Waals surface area contributed by atoms with Crippen LogP contribution in [0.2, 0.25) is 0 Å². The van der Waals surface area contributed by atoms with Crippen LogP contribution in [0.4, 0.5) is 14.5 Å². The Labute approximate surface area is 224 Å². The minimum absolute atomic E-state index is 0.238. The quantitative estimate of drug-likeness (QED) is 0.188. The molecule has 3 aromatic rings. The summed E-state index contributed by atoms with van der Waals surface area (Å²) in [6, 6.07) is 6.17. The van der Waals surface area contributed by atoms with Crippen LogP contribution in [0.25, 0.3) is 11.2 Å². The van der Waals surface area contributed by atoms with Gasteiger partial charge in [-0.2, -0.15) is 21.9 Å². The fourth-order valence-corrected chi connectivity index (χ4v) is 5.19. The minimum Gasteiger partial charge on any atom is -0.397 e. The Hall–Kier alpha value is -4.05. The molecule has 40 heavy (non-hydrogen) atoms. The van der Waals surface area contributed by atoms with Crippen molar-refractivity contribution in [3.63, 3.8) is 0 Å². The van der Waals surface area contributed by atoms with Crippen molar-refractivity contribution < 1.29 is 46.8 Å². The molecule has 0 radical (unpaired) electrons. The second kappa shape index (κ2) is 9.55.